The monoisotopic (exact) mass is 362 g/mol. The molecule has 17 heavy (non-hydrogen) atoms. The topological polar surface area (TPSA) is 24.1 Å². The Hall–Kier alpha value is 0.1000. The largest absolute Gasteiger partial charge is 0.315 e. The van der Waals surface area contributed by atoms with Crippen LogP contribution >= 0.6 is 31.9 Å². The van der Waals surface area contributed by atoms with E-state index in [1.165, 1.54) is 5.56 Å². The van der Waals surface area contributed by atoms with Gasteiger partial charge in [-0.1, -0.05) is 45.7 Å². The Morgan fingerprint density at radius 3 is 2.53 bits per heavy atom. The van der Waals surface area contributed by atoms with Crippen LogP contribution in [-0.2, 0) is 6.54 Å². The second kappa shape index (κ2) is 8.25. The van der Waals surface area contributed by atoms with Crippen molar-refractivity contribution in [1.82, 2.24) is 10.6 Å². The fourth-order valence-corrected chi connectivity index (χ4v) is 2.26. The zero-order valence-corrected chi connectivity index (χ0v) is 13.6. The van der Waals surface area contributed by atoms with Crippen LogP contribution in [0.2, 0.25) is 0 Å². The molecule has 0 heterocycles. The average Bonchev–Trinajstić information content (AvgIpc) is 2.27. The summed E-state index contributed by atoms with van der Waals surface area (Å²) >= 11 is 7.04. The van der Waals surface area contributed by atoms with Crippen molar-refractivity contribution in [3.63, 3.8) is 0 Å². The lowest BCUT2D eigenvalue weighted by Crippen LogP contribution is -2.29. The second-order valence-electron chi connectivity index (χ2n) is 4.51. The first-order valence-corrected chi connectivity index (χ1v) is 7.53. The zero-order chi connectivity index (χ0) is 12.7. The van der Waals surface area contributed by atoms with Crippen LogP contribution in [0.25, 0.3) is 0 Å². The Balaban J connectivity index is 2.20. The summed E-state index contributed by atoms with van der Waals surface area (Å²) in [4.78, 5) is 0. The molecule has 0 aromatic heterocycles. The van der Waals surface area contributed by atoms with Gasteiger partial charge in [-0.25, -0.2) is 0 Å². The van der Waals surface area contributed by atoms with E-state index in [4.69, 9.17) is 0 Å². The fraction of sp³-hybridized carbons (Fsp3) is 0.538. The summed E-state index contributed by atoms with van der Waals surface area (Å²) in [6.07, 6.45) is 0. The minimum Gasteiger partial charge on any atom is -0.315 e. The van der Waals surface area contributed by atoms with Crippen LogP contribution in [0.1, 0.15) is 19.4 Å². The first-order chi connectivity index (χ1) is 8.09. The predicted octanol–water partition coefficient (Wildman–Crippen LogP) is 3.55. The summed E-state index contributed by atoms with van der Waals surface area (Å²) < 4.78 is 2.28. The van der Waals surface area contributed by atoms with E-state index >= 15 is 0 Å². The Labute approximate surface area is 121 Å². The van der Waals surface area contributed by atoms with Crippen LogP contribution in [0.4, 0.5) is 0 Å². The van der Waals surface area contributed by atoms with Gasteiger partial charge in [-0.15, -0.1) is 0 Å². The van der Waals surface area contributed by atoms with Gasteiger partial charge < -0.3 is 10.6 Å². The van der Waals surface area contributed by atoms with Gasteiger partial charge in [0, 0.05) is 28.6 Å². The number of hydrogen-bond donors (Lipinski definition) is 2. The molecular formula is C13H20Br2N2. The highest BCUT2D eigenvalue weighted by Gasteiger charge is 2.00. The predicted molar refractivity (Wildman–Crippen MR) is 81.3 cm³/mol. The molecule has 0 unspecified atom stereocenters. The van der Waals surface area contributed by atoms with E-state index in [0.717, 1.165) is 35.1 Å². The molecule has 0 bridgehead atoms. The summed E-state index contributed by atoms with van der Waals surface area (Å²) in [5.41, 5.74) is 1.28. The molecule has 2 N–H and O–H groups in total. The van der Waals surface area contributed by atoms with Gasteiger partial charge in [0.15, 0.2) is 0 Å². The van der Waals surface area contributed by atoms with Crippen LogP contribution in [-0.4, -0.2) is 19.6 Å². The molecule has 4 heteroatoms. The molecule has 0 radical (unpaired) electrons. The summed E-state index contributed by atoms with van der Waals surface area (Å²) in [6, 6.07) is 6.24. The van der Waals surface area contributed by atoms with Gasteiger partial charge >= 0.3 is 0 Å². The van der Waals surface area contributed by atoms with Crippen molar-refractivity contribution in [1.29, 1.82) is 0 Å². The van der Waals surface area contributed by atoms with E-state index in [2.05, 4.69) is 68.5 Å². The van der Waals surface area contributed by atoms with E-state index in [1.807, 2.05) is 6.07 Å². The van der Waals surface area contributed by atoms with Gasteiger partial charge in [0.05, 0.1) is 0 Å². The molecule has 96 valence electrons. The highest BCUT2D eigenvalue weighted by molar-refractivity contribution is 9.11. The third kappa shape index (κ3) is 6.55. The Bertz CT molecular complexity index is 340. The van der Waals surface area contributed by atoms with E-state index in [0.29, 0.717) is 5.92 Å². The maximum absolute atomic E-state index is 3.56. The van der Waals surface area contributed by atoms with Gasteiger partial charge in [-0.2, -0.15) is 0 Å². The summed E-state index contributed by atoms with van der Waals surface area (Å²) in [7, 11) is 0. The van der Waals surface area contributed by atoms with Crippen LogP contribution in [0.3, 0.4) is 0 Å². The third-order valence-electron chi connectivity index (χ3n) is 2.35. The van der Waals surface area contributed by atoms with Gasteiger partial charge in [0.1, 0.15) is 0 Å². The first kappa shape index (κ1) is 15.2. The maximum Gasteiger partial charge on any atom is 0.0221 e. The van der Waals surface area contributed by atoms with E-state index in [-0.39, 0.29) is 0 Å². The van der Waals surface area contributed by atoms with Crippen LogP contribution in [0.5, 0.6) is 0 Å². The average molecular weight is 364 g/mol. The molecule has 0 saturated carbocycles. The van der Waals surface area contributed by atoms with Crippen LogP contribution < -0.4 is 10.6 Å². The molecule has 1 rings (SSSR count). The maximum atomic E-state index is 3.56. The van der Waals surface area contributed by atoms with E-state index in [1.54, 1.807) is 0 Å². The van der Waals surface area contributed by atoms with Crippen LogP contribution in [0, 0.1) is 5.92 Å². The molecule has 1 aromatic rings. The van der Waals surface area contributed by atoms with Gasteiger partial charge in [-0.05, 0) is 36.2 Å². The summed E-state index contributed by atoms with van der Waals surface area (Å²) in [5, 5.41) is 6.84. The summed E-state index contributed by atoms with van der Waals surface area (Å²) in [5.74, 6) is 0.717. The van der Waals surface area contributed by atoms with Crippen molar-refractivity contribution in [2.24, 2.45) is 5.92 Å². The minimum atomic E-state index is 0.717. The normalized spacial score (nSPS) is 11.1. The molecule has 1 aromatic carbocycles. The number of nitrogens with one attached hydrogen (secondary N) is 2. The number of hydrogen-bond acceptors (Lipinski definition) is 2. The third-order valence-corrected chi connectivity index (χ3v) is 3.62. The smallest absolute Gasteiger partial charge is 0.0221 e. The molecule has 0 spiro atoms. The minimum absolute atomic E-state index is 0.717. The lowest BCUT2D eigenvalue weighted by atomic mass is 10.2. The highest BCUT2D eigenvalue weighted by Crippen LogP contribution is 2.21. The fourth-order valence-electron chi connectivity index (χ4n) is 1.47. The standard InChI is InChI=1S/C13H20Br2N2/c1-10(2)8-16-5-6-17-9-11-7-12(14)3-4-13(11)15/h3-4,7,10,16-17H,5-6,8-9H2,1-2H3. The summed E-state index contributed by atoms with van der Waals surface area (Å²) in [6.45, 7) is 8.43. The lowest BCUT2D eigenvalue weighted by molar-refractivity contribution is 0.535. The highest BCUT2D eigenvalue weighted by atomic mass is 79.9. The molecule has 0 fully saturated rings. The number of rotatable bonds is 7. The number of benzene rings is 1. The van der Waals surface area contributed by atoms with Gasteiger partial charge in [-0.3, -0.25) is 0 Å². The second-order valence-corrected chi connectivity index (χ2v) is 6.28. The molecule has 0 aliphatic heterocycles. The lowest BCUT2D eigenvalue weighted by Gasteiger charge is -2.09. The van der Waals surface area contributed by atoms with Gasteiger partial charge in [0.2, 0.25) is 0 Å². The molecule has 0 saturated heterocycles. The van der Waals surface area contributed by atoms with Crippen molar-refractivity contribution in [2.45, 2.75) is 20.4 Å². The van der Waals surface area contributed by atoms with E-state index < -0.39 is 0 Å². The Kier molecular flexibility index (Phi) is 7.35. The van der Waals surface area contributed by atoms with Gasteiger partial charge in [0.25, 0.3) is 0 Å². The van der Waals surface area contributed by atoms with Crippen molar-refractivity contribution in [3.8, 4) is 0 Å². The van der Waals surface area contributed by atoms with Crippen molar-refractivity contribution < 1.29 is 0 Å². The Morgan fingerprint density at radius 2 is 1.82 bits per heavy atom. The van der Waals surface area contributed by atoms with Crippen LogP contribution in [0.15, 0.2) is 27.1 Å². The van der Waals surface area contributed by atoms with E-state index in [9.17, 15) is 0 Å². The molecule has 0 amide bonds. The SMILES string of the molecule is CC(C)CNCCNCc1cc(Br)ccc1Br. The van der Waals surface area contributed by atoms with Crippen molar-refractivity contribution in [3.05, 3.63) is 32.7 Å². The molecule has 0 aliphatic rings. The molecular weight excluding hydrogens is 344 g/mol. The van der Waals surface area contributed by atoms with Crippen molar-refractivity contribution in [2.75, 3.05) is 19.6 Å². The first-order valence-electron chi connectivity index (χ1n) is 5.95. The number of halogens is 2. The molecule has 2 nitrogen and oxygen atoms in total. The quantitative estimate of drug-likeness (QED) is 0.724. The zero-order valence-electron chi connectivity index (χ0n) is 10.4. The molecule has 0 atom stereocenters. The van der Waals surface area contributed by atoms with Crippen molar-refractivity contribution >= 4 is 31.9 Å². The Morgan fingerprint density at radius 1 is 1.12 bits per heavy atom. The molecule has 0 aliphatic carbocycles.